The summed E-state index contributed by atoms with van der Waals surface area (Å²) < 4.78 is 1.88. The SMILES string of the molecule is C#Cc1cccc(-c2nc3c(N)ncnc3n2C)c1. The molecule has 2 aromatic heterocycles. The average Bonchev–Trinajstić information content (AvgIpc) is 2.78. The summed E-state index contributed by atoms with van der Waals surface area (Å²) in [4.78, 5) is 12.6. The standard InChI is InChI=1S/C14H11N5/c1-3-9-5-4-6-10(7-9)13-18-11-12(15)16-8-17-14(11)19(13)2/h1,4-8H,2H3,(H2,15,16,17). The lowest BCUT2D eigenvalue weighted by atomic mass is 10.1. The molecule has 5 nitrogen and oxygen atoms in total. The molecule has 0 aliphatic carbocycles. The second kappa shape index (κ2) is 4.10. The molecule has 0 unspecified atom stereocenters. The van der Waals surface area contributed by atoms with Crippen molar-refractivity contribution in [2.75, 3.05) is 5.73 Å². The van der Waals surface area contributed by atoms with Gasteiger partial charge >= 0.3 is 0 Å². The maximum Gasteiger partial charge on any atom is 0.165 e. The lowest BCUT2D eigenvalue weighted by Gasteiger charge is -2.02. The van der Waals surface area contributed by atoms with E-state index in [4.69, 9.17) is 12.2 Å². The van der Waals surface area contributed by atoms with Crippen LogP contribution in [-0.2, 0) is 7.05 Å². The van der Waals surface area contributed by atoms with Crippen LogP contribution in [0.2, 0.25) is 0 Å². The summed E-state index contributed by atoms with van der Waals surface area (Å²) in [5.74, 6) is 3.75. The molecule has 2 heterocycles. The maximum atomic E-state index is 5.81. The summed E-state index contributed by atoms with van der Waals surface area (Å²) in [6.07, 6.45) is 6.85. The van der Waals surface area contributed by atoms with E-state index < -0.39 is 0 Å². The number of aryl methyl sites for hydroxylation is 1. The molecule has 0 aliphatic rings. The number of hydrogen-bond donors (Lipinski definition) is 1. The summed E-state index contributed by atoms with van der Waals surface area (Å²) in [6.45, 7) is 0. The first-order valence-corrected chi connectivity index (χ1v) is 5.70. The number of hydrogen-bond acceptors (Lipinski definition) is 4. The molecule has 3 aromatic rings. The van der Waals surface area contributed by atoms with Gasteiger partial charge in [0.15, 0.2) is 17.0 Å². The third-order valence-corrected chi connectivity index (χ3v) is 2.97. The molecule has 0 radical (unpaired) electrons. The Hall–Kier alpha value is -2.87. The minimum absolute atomic E-state index is 0.375. The highest BCUT2D eigenvalue weighted by Crippen LogP contribution is 2.24. The number of fused-ring (bicyclic) bond motifs is 1. The molecule has 2 N–H and O–H groups in total. The van der Waals surface area contributed by atoms with E-state index in [-0.39, 0.29) is 0 Å². The number of imidazole rings is 1. The highest BCUT2D eigenvalue weighted by Gasteiger charge is 2.13. The van der Waals surface area contributed by atoms with E-state index in [0.717, 1.165) is 17.0 Å². The van der Waals surface area contributed by atoms with Crippen molar-refractivity contribution in [1.29, 1.82) is 0 Å². The van der Waals surface area contributed by atoms with Crippen molar-refractivity contribution < 1.29 is 0 Å². The van der Waals surface area contributed by atoms with Gasteiger partial charge in [0.1, 0.15) is 12.2 Å². The summed E-state index contributed by atoms with van der Waals surface area (Å²) in [6, 6.07) is 7.63. The van der Waals surface area contributed by atoms with Gasteiger partial charge in [-0.05, 0) is 12.1 Å². The van der Waals surface area contributed by atoms with E-state index in [1.54, 1.807) is 0 Å². The van der Waals surface area contributed by atoms with Gasteiger partial charge in [0.05, 0.1) is 0 Å². The Morgan fingerprint density at radius 2 is 2.16 bits per heavy atom. The predicted octanol–water partition coefficient (Wildman–Crippen LogP) is 1.59. The van der Waals surface area contributed by atoms with E-state index in [1.807, 2.05) is 35.9 Å². The zero-order valence-electron chi connectivity index (χ0n) is 10.3. The Morgan fingerprint density at radius 1 is 1.32 bits per heavy atom. The Morgan fingerprint density at radius 3 is 2.89 bits per heavy atom. The Bertz CT molecular complexity index is 810. The second-order valence-corrected chi connectivity index (χ2v) is 4.15. The fraction of sp³-hybridized carbons (Fsp3) is 0.0714. The molecule has 92 valence electrons. The molecule has 19 heavy (non-hydrogen) atoms. The number of terminal acetylenes is 1. The highest BCUT2D eigenvalue weighted by atomic mass is 15.1. The molecule has 0 fully saturated rings. The van der Waals surface area contributed by atoms with E-state index >= 15 is 0 Å². The lowest BCUT2D eigenvalue weighted by molar-refractivity contribution is 0.939. The highest BCUT2D eigenvalue weighted by molar-refractivity contribution is 5.85. The van der Waals surface area contributed by atoms with Crippen LogP contribution in [0, 0.1) is 12.3 Å². The van der Waals surface area contributed by atoms with Gasteiger partial charge in [-0.15, -0.1) is 6.42 Å². The van der Waals surface area contributed by atoms with Crippen LogP contribution < -0.4 is 5.73 Å². The van der Waals surface area contributed by atoms with Crippen molar-refractivity contribution in [3.8, 4) is 23.7 Å². The van der Waals surface area contributed by atoms with Crippen LogP contribution in [0.4, 0.5) is 5.82 Å². The number of nitrogen functional groups attached to an aromatic ring is 1. The van der Waals surface area contributed by atoms with Crippen LogP contribution in [0.25, 0.3) is 22.6 Å². The molecular weight excluding hydrogens is 238 g/mol. The van der Waals surface area contributed by atoms with E-state index in [1.165, 1.54) is 6.33 Å². The molecule has 0 amide bonds. The number of anilines is 1. The predicted molar refractivity (Wildman–Crippen MR) is 74.1 cm³/mol. The number of nitrogens with zero attached hydrogens (tertiary/aromatic N) is 4. The minimum atomic E-state index is 0.375. The first-order valence-electron chi connectivity index (χ1n) is 5.70. The average molecular weight is 249 g/mol. The van der Waals surface area contributed by atoms with Crippen LogP contribution in [0.1, 0.15) is 5.56 Å². The fourth-order valence-electron chi connectivity index (χ4n) is 2.02. The van der Waals surface area contributed by atoms with Gasteiger partial charge in [0, 0.05) is 18.2 Å². The zero-order chi connectivity index (χ0) is 13.4. The van der Waals surface area contributed by atoms with Crippen molar-refractivity contribution in [1.82, 2.24) is 19.5 Å². The topological polar surface area (TPSA) is 69.6 Å². The Balaban J connectivity index is 2.28. The zero-order valence-corrected chi connectivity index (χ0v) is 10.3. The summed E-state index contributed by atoms with van der Waals surface area (Å²) in [7, 11) is 1.89. The fourth-order valence-corrected chi connectivity index (χ4v) is 2.02. The molecule has 0 bridgehead atoms. The number of nitrogens with two attached hydrogens (primary N) is 1. The number of benzene rings is 1. The van der Waals surface area contributed by atoms with E-state index in [2.05, 4.69) is 20.9 Å². The van der Waals surface area contributed by atoms with Crippen molar-refractivity contribution in [3.63, 3.8) is 0 Å². The van der Waals surface area contributed by atoms with Gasteiger partial charge in [0.2, 0.25) is 0 Å². The molecule has 0 aliphatic heterocycles. The summed E-state index contributed by atoms with van der Waals surface area (Å²) in [5, 5.41) is 0. The lowest BCUT2D eigenvalue weighted by Crippen LogP contribution is -1.95. The monoisotopic (exact) mass is 249 g/mol. The number of rotatable bonds is 1. The van der Waals surface area contributed by atoms with Gasteiger partial charge in [-0.1, -0.05) is 18.1 Å². The van der Waals surface area contributed by atoms with Crippen LogP contribution in [0.5, 0.6) is 0 Å². The van der Waals surface area contributed by atoms with Gasteiger partial charge in [-0.25, -0.2) is 15.0 Å². The smallest absolute Gasteiger partial charge is 0.165 e. The van der Waals surface area contributed by atoms with Crippen LogP contribution in [0.15, 0.2) is 30.6 Å². The van der Waals surface area contributed by atoms with Crippen molar-refractivity contribution in [2.24, 2.45) is 7.05 Å². The molecule has 5 heteroatoms. The van der Waals surface area contributed by atoms with Gasteiger partial charge in [-0.3, -0.25) is 0 Å². The van der Waals surface area contributed by atoms with Crippen LogP contribution >= 0.6 is 0 Å². The van der Waals surface area contributed by atoms with E-state index in [0.29, 0.717) is 17.0 Å². The molecule has 0 spiro atoms. The van der Waals surface area contributed by atoms with Gasteiger partial charge in [0.25, 0.3) is 0 Å². The largest absolute Gasteiger partial charge is 0.382 e. The first-order chi connectivity index (χ1) is 9.20. The van der Waals surface area contributed by atoms with Gasteiger partial charge in [-0.2, -0.15) is 0 Å². The maximum absolute atomic E-state index is 5.81. The molecule has 1 aromatic carbocycles. The van der Waals surface area contributed by atoms with Crippen molar-refractivity contribution in [2.45, 2.75) is 0 Å². The van der Waals surface area contributed by atoms with Crippen LogP contribution in [-0.4, -0.2) is 19.5 Å². The Labute approximate surface area is 110 Å². The Kier molecular flexibility index (Phi) is 2.43. The van der Waals surface area contributed by atoms with Crippen LogP contribution in [0.3, 0.4) is 0 Å². The molecular formula is C14H11N5. The van der Waals surface area contributed by atoms with Crippen molar-refractivity contribution in [3.05, 3.63) is 36.2 Å². The van der Waals surface area contributed by atoms with Gasteiger partial charge < -0.3 is 10.3 Å². The summed E-state index contributed by atoms with van der Waals surface area (Å²) >= 11 is 0. The quantitative estimate of drug-likeness (QED) is 0.665. The van der Waals surface area contributed by atoms with E-state index in [9.17, 15) is 0 Å². The third-order valence-electron chi connectivity index (χ3n) is 2.97. The summed E-state index contributed by atoms with van der Waals surface area (Å²) in [5.41, 5.74) is 8.85. The first kappa shape index (κ1) is 11.2. The second-order valence-electron chi connectivity index (χ2n) is 4.15. The normalized spacial score (nSPS) is 10.5. The van der Waals surface area contributed by atoms with Crippen molar-refractivity contribution >= 4 is 17.0 Å². The third kappa shape index (κ3) is 1.70. The molecule has 3 rings (SSSR count). The minimum Gasteiger partial charge on any atom is -0.382 e. The molecule has 0 saturated carbocycles. The number of aromatic nitrogens is 4. The molecule has 0 saturated heterocycles. The molecule has 0 atom stereocenters.